The number of hydrogen-bond donors (Lipinski definition) is 1. The number of hydrogen-bond acceptors (Lipinski definition) is 6. The van der Waals surface area contributed by atoms with Crippen LogP contribution in [0.25, 0.3) is 0 Å². The molecular formula is C18H17ClN2O6S. The Morgan fingerprint density at radius 1 is 1.25 bits per heavy atom. The van der Waals surface area contributed by atoms with Gasteiger partial charge < -0.3 is 14.8 Å². The first-order valence-electron chi connectivity index (χ1n) is 8.13. The molecule has 2 aromatic rings. The Kier molecular flexibility index (Phi) is 5.48. The largest absolute Gasteiger partial charge is 0.476 e. The summed E-state index contributed by atoms with van der Waals surface area (Å²) >= 11 is 5.96. The number of ether oxygens (including phenoxy) is 2. The van der Waals surface area contributed by atoms with Crippen LogP contribution in [-0.4, -0.2) is 46.3 Å². The van der Waals surface area contributed by atoms with E-state index in [2.05, 4.69) is 5.32 Å². The van der Waals surface area contributed by atoms with Crippen LogP contribution >= 0.6 is 11.6 Å². The van der Waals surface area contributed by atoms with Gasteiger partial charge in [0.05, 0.1) is 36.8 Å². The maximum atomic E-state index is 12.7. The molecule has 0 spiro atoms. The molecular weight excluding hydrogens is 408 g/mol. The van der Waals surface area contributed by atoms with E-state index < -0.39 is 28.0 Å². The molecule has 1 atom stereocenters. The van der Waals surface area contributed by atoms with Crippen LogP contribution < -0.4 is 14.4 Å². The zero-order valence-electron chi connectivity index (χ0n) is 15.0. The highest BCUT2D eigenvalue weighted by atomic mass is 35.5. The van der Waals surface area contributed by atoms with Crippen LogP contribution in [0.5, 0.6) is 5.75 Å². The topological polar surface area (TPSA) is 102 Å². The summed E-state index contributed by atoms with van der Waals surface area (Å²) in [5.74, 6) is -1.01. The lowest BCUT2D eigenvalue weighted by molar-refractivity contribution is -0.122. The molecule has 10 heteroatoms. The molecule has 0 saturated heterocycles. The Morgan fingerprint density at radius 3 is 2.64 bits per heavy atom. The van der Waals surface area contributed by atoms with E-state index in [1.165, 1.54) is 37.4 Å². The molecule has 1 heterocycles. The van der Waals surface area contributed by atoms with Crippen molar-refractivity contribution in [1.29, 1.82) is 0 Å². The number of nitrogens with zero attached hydrogens (tertiary/aromatic N) is 1. The van der Waals surface area contributed by atoms with Crippen LogP contribution in [0.1, 0.15) is 10.4 Å². The molecule has 8 nitrogen and oxygen atoms in total. The average molecular weight is 425 g/mol. The Balaban J connectivity index is 1.90. The van der Waals surface area contributed by atoms with Gasteiger partial charge >= 0.3 is 5.97 Å². The number of methoxy groups -OCH3 is 1. The van der Waals surface area contributed by atoms with Crippen LogP contribution in [0, 0.1) is 0 Å². The van der Waals surface area contributed by atoms with Crippen LogP contribution in [0.15, 0.2) is 42.5 Å². The molecule has 0 bridgehead atoms. The van der Waals surface area contributed by atoms with Gasteiger partial charge in [0.1, 0.15) is 5.75 Å². The van der Waals surface area contributed by atoms with E-state index in [1.54, 1.807) is 12.1 Å². The minimum atomic E-state index is -3.68. The molecule has 0 aliphatic carbocycles. The number of amides is 1. The number of rotatable bonds is 4. The lowest BCUT2D eigenvalue weighted by atomic mass is 10.1. The first kappa shape index (κ1) is 20.0. The molecule has 1 aliphatic heterocycles. The molecule has 0 radical (unpaired) electrons. The molecule has 0 aromatic heterocycles. The summed E-state index contributed by atoms with van der Waals surface area (Å²) in [5, 5.41) is 2.94. The molecule has 0 fully saturated rings. The first-order valence-corrected chi connectivity index (χ1v) is 10.4. The number of anilines is 2. The molecule has 1 aliphatic rings. The highest BCUT2D eigenvalue weighted by Crippen LogP contribution is 2.37. The molecule has 1 N–H and O–H groups in total. The lowest BCUT2D eigenvalue weighted by Gasteiger charge is -2.34. The zero-order chi connectivity index (χ0) is 20.5. The standard InChI is InChI=1S/C18H17ClN2O6S/c1-26-18(23)12-5-3-4-6-13(12)20-17(22)16-10-21(28(2,24)25)14-9-11(19)7-8-15(14)27-16/h3-9,16H,10H2,1-2H3,(H,20,22)/t16-/m0/s1. The number of halogens is 1. The normalized spacial score (nSPS) is 16.0. The second kappa shape index (κ2) is 7.69. The third-order valence-corrected chi connectivity index (χ3v) is 5.46. The van der Waals surface area contributed by atoms with Crippen molar-refractivity contribution in [2.45, 2.75) is 6.10 Å². The SMILES string of the molecule is COC(=O)c1ccccc1NC(=O)[C@@H]1CN(S(C)(=O)=O)c2cc(Cl)ccc2O1. The van der Waals surface area contributed by atoms with Crippen molar-refractivity contribution in [2.75, 3.05) is 29.5 Å². The predicted molar refractivity (Wildman–Crippen MR) is 104 cm³/mol. The van der Waals surface area contributed by atoms with Gasteiger partial charge in [-0.1, -0.05) is 23.7 Å². The van der Waals surface area contributed by atoms with Gasteiger partial charge in [0.25, 0.3) is 5.91 Å². The van der Waals surface area contributed by atoms with Gasteiger partial charge in [-0.2, -0.15) is 0 Å². The molecule has 3 rings (SSSR count). The third-order valence-electron chi connectivity index (χ3n) is 4.07. The molecule has 28 heavy (non-hydrogen) atoms. The zero-order valence-corrected chi connectivity index (χ0v) is 16.6. The number of carbonyl (C=O) groups excluding carboxylic acids is 2. The van der Waals surface area contributed by atoms with Crippen molar-refractivity contribution in [3.63, 3.8) is 0 Å². The second-order valence-corrected chi connectivity index (χ2v) is 8.38. The highest BCUT2D eigenvalue weighted by Gasteiger charge is 2.35. The fourth-order valence-electron chi connectivity index (χ4n) is 2.77. The minimum Gasteiger partial charge on any atom is -0.476 e. The number of esters is 1. The van der Waals surface area contributed by atoms with E-state index >= 15 is 0 Å². The fourth-order valence-corrected chi connectivity index (χ4v) is 3.84. The number of fused-ring (bicyclic) bond motifs is 1. The Hall–Kier alpha value is -2.78. The average Bonchev–Trinajstić information content (AvgIpc) is 2.66. The monoisotopic (exact) mass is 424 g/mol. The van der Waals surface area contributed by atoms with E-state index in [1.807, 2.05) is 0 Å². The molecule has 148 valence electrons. The Morgan fingerprint density at radius 2 is 1.96 bits per heavy atom. The Bertz CT molecular complexity index is 1040. The van der Waals surface area contributed by atoms with Gasteiger partial charge in [0.2, 0.25) is 10.0 Å². The summed E-state index contributed by atoms with van der Waals surface area (Å²) in [5.41, 5.74) is 0.658. The van der Waals surface area contributed by atoms with Gasteiger partial charge in [-0.3, -0.25) is 9.10 Å². The van der Waals surface area contributed by atoms with E-state index in [-0.39, 0.29) is 29.2 Å². The van der Waals surface area contributed by atoms with Crippen molar-refractivity contribution in [2.24, 2.45) is 0 Å². The van der Waals surface area contributed by atoms with Crippen LogP contribution in [0.3, 0.4) is 0 Å². The highest BCUT2D eigenvalue weighted by molar-refractivity contribution is 7.92. The first-order chi connectivity index (χ1) is 13.2. The maximum Gasteiger partial charge on any atom is 0.339 e. The summed E-state index contributed by atoms with van der Waals surface area (Å²) in [6, 6.07) is 10.8. The van der Waals surface area contributed by atoms with Crippen LogP contribution in [-0.2, 0) is 19.6 Å². The lowest BCUT2D eigenvalue weighted by Crippen LogP contribution is -2.48. The van der Waals surface area contributed by atoms with Crippen molar-refractivity contribution >= 4 is 44.9 Å². The third kappa shape index (κ3) is 4.05. The molecule has 1 amide bonds. The van der Waals surface area contributed by atoms with E-state index in [0.29, 0.717) is 5.02 Å². The van der Waals surface area contributed by atoms with Gasteiger partial charge in [-0.15, -0.1) is 0 Å². The van der Waals surface area contributed by atoms with E-state index in [0.717, 1.165) is 10.6 Å². The predicted octanol–water partition coefficient (Wildman–Crippen LogP) is 2.29. The number of benzene rings is 2. The van der Waals surface area contributed by atoms with Gasteiger partial charge in [-0.05, 0) is 30.3 Å². The smallest absolute Gasteiger partial charge is 0.339 e. The van der Waals surface area contributed by atoms with Gasteiger partial charge in [-0.25, -0.2) is 13.2 Å². The molecule has 2 aromatic carbocycles. The summed E-state index contributed by atoms with van der Waals surface area (Å²) < 4.78 is 35.9. The van der Waals surface area contributed by atoms with Gasteiger partial charge in [0, 0.05) is 5.02 Å². The Labute approximate surface area is 167 Å². The summed E-state index contributed by atoms with van der Waals surface area (Å²) in [4.78, 5) is 24.6. The minimum absolute atomic E-state index is 0.168. The number of sulfonamides is 1. The van der Waals surface area contributed by atoms with E-state index in [9.17, 15) is 18.0 Å². The second-order valence-electron chi connectivity index (χ2n) is 6.04. The molecule has 0 unspecified atom stereocenters. The van der Waals surface area contributed by atoms with Crippen molar-refractivity contribution in [3.05, 3.63) is 53.1 Å². The maximum absolute atomic E-state index is 12.7. The number of nitrogens with one attached hydrogen (secondary N) is 1. The fraction of sp³-hybridized carbons (Fsp3) is 0.222. The van der Waals surface area contributed by atoms with Crippen molar-refractivity contribution in [1.82, 2.24) is 0 Å². The van der Waals surface area contributed by atoms with Gasteiger partial charge in [0.15, 0.2) is 6.10 Å². The molecule has 0 saturated carbocycles. The van der Waals surface area contributed by atoms with Crippen LogP contribution in [0.2, 0.25) is 5.02 Å². The quantitative estimate of drug-likeness (QED) is 0.755. The summed E-state index contributed by atoms with van der Waals surface area (Å²) in [7, 11) is -2.45. The summed E-state index contributed by atoms with van der Waals surface area (Å²) in [6.45, 7) is -0.238. The van der Waals surface area contributed by atoms with Crippen LogP contribution in [0.4, 0.5) is 11.4 Å². The number of para-hydroxylation sites is 1. The summed E-state index contributed by atoms with van der Waals surface area (Å²) in [6.07, 6.45) is -0.0982. The van der Waals surface area contributed by atoms with Crippen molar-refractivity contribution in [3.8, 4) is 5.75 Å². The van der Waals surface area contributed by atoms with Crippen molar-refractivity contribution < 1.29 is 27.5 Å². The van der Waals surface area contributed by atoms with E-state index in [4.69, 9.17) is 21.1 Å². The number of carbonyl (C=O) groups is 2.